The summed E-state index contributed by atoms with van der Waals surface area (Å²) in [6.45, 7) is 8.75. The molecule has 1 aromatic carbocycles. The van der Waals surface area contributed by atoms with Gasteiger partial charge >= 0.3 is 0 Å². The predicted molar refractivity (Wildman–Crippen MR) is 133 cm³/mol. The molecule has 7 nitrogen and oxygen atoms in total. The van der Waals surface area contributed by atoms with Crippen molar-refractivity contribution in [2.45, 2.75) is 69.2 Å². The Bertz CT molecular complexity index is 926. The van der Waals surface area contributed by atoms with Gasteiger partial charge in [-0.2, -0.15) is 0 Å². The monoisotopic (exact) mass is 487 g/mol. The van der Waals surface area contributed by atoms with E-state index in [0.29, 0.717) is 13.1 Å². The lowest BCUT2D eigenvalue weighted by atomic mass is 9.66. The van der Waals surface area contributed by atoms with Crippen LogP contribution in [0.4, 0.5) is 0 Å². The van der Waals surface area contributed by atoms with Crippen LogP contribution in [0.5, 0.6) is 0 Å². The van der Waals surface area contributed by atoms with Gasteiger partial charge < -0.3 is 20.6 Å². The van der Waals surface area contributed by atoms with E-state index in [1.807, 2.05) is 51.1 Å². The summed E-state index contributed by atoms with van der Waals surface area (Å²) < 4.78 is -0.668. The van der Waals surface area contributed by atoms with Crippen LogP contribution >= 0.6 is 11.8 Å². The van der Waals surface area contributed by atoms with Gasteiger partial charge in [0, 0.05) is 18.3 Å². The molecule has 3 aliphatic heterocycles. The van der Waals surface area contributed by atoms with Gasteiger partial charge in [0.25, 0.3) is 0 Å². The Kier molecular flexibility index (Phi) is 7.29. The molecule has 3 saturated heterocycles. The van der Waals surface area contributed by atoms with Crippen LogP contribution in [0.3, 0.4) is 0 Å². The van der Waals surface area contributed by atoms with Crippen LogP contribution in [0, 0.1) is 23.7 Å². The molecular weight excluding hydrogens is 450 g/mol. The van der Waals surface area contributed by atoms with E-state index in [1.165, 1.54) is 0 Å². The van der Waals surface area contributed by atoms with Crippen molar-refractivity contribution in [1.29, 1.82) is 0 Å². The molecule has 2 bridgehead atoms. The number of aliphatic hydroxyl groups excluding tert-OH is 1. The molecule has 7 atom stereocenters. The third kappa shape index (κ3) is 3.92. The number of fused-ring (bicyclic) bond motifs is 1. The molecule has 186 valence electrons. The molecule has 3 amide bonds. The van der Waals surface area contributed by atoms with Crippen LogP contribution in [0.25, 0.3) is 0 Å². The number of thioether (sulfide) groups is 1. The third-order valence-corrected chi connectivity index (χ3v) is 9.98. The van der Waals surface area contributed by atoms with Gasteiger partial charge in [-0.05, 0) is 30.2 Å². The van der Waals surface area contributed by atoms with Crippen molar-refractivity contribution in [3.05, 3.63) is 35.9 Å². The summed E-state index contributed by atoms with van der Waals surface area (Å²) in [5, 5.41) is 16.4. The van der Waals surface area contributed by atoms with E-state index in [1.54, 1.807) is 16.7 Å². The minimum absolute atomic E-state index is 0.0269. The molecule has 1 spiro atoms. The Morgan fingerprint density at radius 3 is 2.53 bits per heavy atom. The maximum atomic E-state index is 14.0. The number of amides is 3. The second-order valence-electron chi connectivity index (χ2n) is 10.3. The Labute approximate surface area is 206 Å². The lowest BCUT2D eigenvalue weighted by Gasteiger charge is -2.40. The number of aliphatic hydroxyl groups is 1. The van der Waals surface area contributed by atoms with E-state index in [-0.39, 0.29) is 41.4 Å². The van der Waals surface area contributed by atoms with Crippen molar-refractivity contribution >= 4 is 29.5 Å². The molecule has 3 heterocycles. The minimum atomic E-state index is -0.720. The fraction of sp³-hybridized carbons (Fsp3) is 0.654. The zero-order valence-electron chi connectivity index (χ0n) is 20.5. The smallest absolute Gasteiger partial charge is 0.244 e. The van der Waals surface area contributed by atoms with E-state index in [4.69, 9.17) is 0 Å². The van der Waals surface area contributed by atoms with Gasteiger partial charge in [-0.3, -0.25) is 14.4 Å². The fourth-order valence-corrected chi connectivity index (χ4v) is 8.69. The predicted octanol–water partition coefficient (Wildman–Crippen LogP) is 2.18. The van der Waals surface area contributed by atoms with Gasteiger partial charge in [-0.25, -0.2) is 0 Å². The number of hydrogen-bond acceptors (Lipinski definition) is 5. The topological polar surface area (TPSA) is 98.7 Å². The zero-order chi connectivity index (χ0) is 24.6. The molecule has 1 aromatic rings. The second-order valence-corrected chi connectivity index (χ2v) is 11.8. The van der Waals surface area contributed by atoms with E-state index >= 15 is 0 Å². The molecule has 3 unspecified atom stereocenters. The maximum absolute atomic E-state index is 14.0. The summed E-state index contributed by atoms with van der Waals surface area (Å²) in [4.78, 5) is 42.7. The number of carbonyl (C=O) groups excluding carboxylic acids is 3. The summed E-state index contributed by atoms with van der Waals surface area (Å²) in [6.07, 6.45) is 1.63. The van der Waals surface area contributed by atoms with Crippen molar-refractivity contribution in [3.63, 3.8) is 0 Å². The molecular formula is C26H37N3O4S. The average Bonchev–Trinajstić information content (AvgIpc) is 3.41. The molecule has 0 aromatic heterocycles. The van der Waals surface area contributed by atoms with Crippen molar-refractivity contribution in [1.82, 2.24) is 15.5 Å². The standard InChI is InChI=1S/C26H37N3O4S/c1-5-11-27-23(31)20-19-12-16(4)26(34-19)21(20)25(33)29(18(14-30)15(2)3)22(26)24(32)28-13-17-9-7-6-8-10-17/h6-10,15-16,18-22,30H,5,11-14H2,1-4H3,(H,27,31)(H,28,32)/t16?,18-,19+,20-,21-,22?,26?/m0/s1. The number of rotatable bonds is 9. The number of likely N-dealkylation sites (tertiary alicyclic amines) is 1. The average molecular weight is 488 g/mol. The molecule has 3 N–H and O–H groups in total. The van der Waals surface area contributed by atoms with Gasteiger partial charge in [0.15, 0.2) is 0 Å². The largest absolute Gasteiger partial charge is 0.394 e. The summed E-state index contributed by atoms with van der Waals surface area (Å²) in [5.41, 5.74) is 0.983. The van der Waals surface area contributed by atoms with Gasteiger partial charge in [0.05, 0.1) is 29.2 Å². The molecule has 3 fully saturated rings. The number of nitrogens with zero attached hydrogens (tertiary/aromatic N) is 1. The van der Waals surface area contributed by atoms with Gasteiger partial charge in [0.2, 0.25) is 17.7 Å². The van der Waals surface area contributed by atoms with Crippen molar-refractivity contribution in [2.75, 3.05) is 13.2 Å². The first-order valence-electron chi connectivity index (χ1n) is 12.5. The maximum Gasteiger partial charge on any atom is 0.244 e. The summed E-state index contributed by atoms with van der Waals surface area (Å²) >= 11 is 1.67. The van der Waals surface area contributed by atoms with Crippen molar-refractivity contribution in [2.24, 2.45) is 23.7 Å². The molecule has 4 rings (SSSR count). The number of carbonyl (C=O) groups is 3. The summed E-state index contributed by atoms with van der Waals surface area (Å²) in [6, 6.07) is 8.50. The van der Waals surface area contributed by atoms with E-state index < -0.39 is 28.7 Å². The molecule has 8 heteroatoms. The summed E-state index contributed by atoms with van der Waals surface area (Å²) in [7, 11) is 0. The zero-order valence-corrected chi connectivity index (χ0v) is 21.3. The van der Waals surface area contributed by atoms with Crippen LogP contribution < -0.4 is 10.6 Å². The number of nitrogens with one attached hydrogen (secondary N) is 2. The molecule has 0 radical (unpaired) electrons. The highest BCUT2D eigenvalue weighted by atomic mass is 32.2. The number of hydrogen-bond donors (Lipinski definition) is 3. The first-order chi connectivity index (χ1) is 16.3. The van der Waals surface area contributed by atoms with Gasteiger partial charge in [-0.15, -0.1) is 11.8 Å². The molecule has 0 saturated carbocycles. The van der Waals surface area contributed by atoms with Crippen LogP contribution in [0.2, 0.25) is 0 Å². The Hall–Kier alpha value is -2.06. The van der Waals surface area contributed by atoms with Crippen LogP contribution in [-0.2, 0) is 20.9 Å². The van der Waals surface area contributed by atoms with E-state index in [2.05, 4.69) is 17.6 Å². The normalized spacial score (nSPS) is 32.7. The Morgan fingerprint density at radius 2 is 1.91 bits per heavy atom. The first-order valence-corrected chi connectivity index (χ1v) is 13.4. The Morgan fingerprint density at radius 1 is 1.21 bits per heavy atom. The number of benzene rings is 1. The van der Waals surface area contributed by atoms with Gasteiger partial charge in [-0.1, -0.05) is 58.0 Å². The van der Waals surface area contributed by atoms with Crippen LogP contribution in [-0.4, -0.2) is 63.0 Å². The molecule has 0 aliphatic carbocycles. The lowest BCUT2D eigenvalue weighted by molar-refractivity contribution is -0.143. The molecule has 3 aliphatic rings. The van der Waals surface area contributed by atoms with Crippen molar-refractivity contribution < 1.29 is 19.5 Å². The second kappa shape index (κ2) is 9.90. The highest BCUT2D eigenvalue weighted by Crippen LogP contribution is 2.68. The highest BCUT2D eigenvalue weighted by molar-refractivity contribution is 8.02. The van der Waals surface area contributed by atoms with Crippen molar-refractivity contribution in [3.8, 4) is 0 Å². The van der Waals surface area contributed by atoms with E-state index in [9.17, 15) is 19.5 Å². The SMILES string of the molecule is CCCNC(=O)[C@@H]1[C@H]2C(=O)N([C@@H](CO)C(C)C)C(C(=O)NCc3ccccc3)C23S[C@@H]1CC3C. The summed E-state index contributed by atoms with van der Waals surface area (Å²) in [5.74, 6) is -1.36. The van der Waals surface area contributed by atoms with Crippen LogP contribution in [0.1, 0.15) is 46.1 Å². The first kappa shape index (κ1) is 25.0. The van der Waals surface area contributed by atoms with Crippen LogP contribution in [0.15, 0.2) is 30.3 Å². The third-order valence-electron chi connectivity index (χ3n) is 7.91. The quantitative estimate of drug-likeness (QED) is 0.496. The minimum Gasteiger partial charge on any atom is -0.394 e. The Balaban J connectivity index is 1.71. The lowest BCUT2D eigenvalue weighted by Crippen LogP contribution is -2.59. The molecule has 34 heavy (non-hydrogen) atoms. The fourth-order valence-electron chi connectivity index (χ4n) is 6.28. The van der Waals surface area contributed by atoms with E-state index in [0.717, 1.165) is 18.4 Å². The highest BCUT2D eigenvalue weighted by Gasteiger charge is 2.76. The van der Waals surface area contributed by atoms with Gasteiger partial charge in [0.1, 0.15) is 6.04 Å².